The lowest BCUT2D eigenvalue weighted by atomic mass is 9.90. The van der Waals surface area contributed by atoms with Crippen molar-refractivity contribution in [2.75, 3.05) is 26.2 Å². The van der Waals surface area contributed by atoms with Crippen LogP contribution in [0.1, 0.15) is 30.7 Å². The first-order valence-electron chi connectivity index (χ1n) is 8.64. The SMILES string of the molecule is O=C(NC1CCN(CC(F)(F)F)C1=O)N1CCC(c2ccncc2)CC1. The van der Waals surface area contributed by atoms with Crippen LogP contribution >= 0.6 is 0 Å². The molecule has 2 aliphatic heterocycles. The zero-order valence-corrected chi connectivity index (χ0v) is 14.2. The topological polar surface area (TPSA) is 65.5 Å². The summed E-state index contributed by atoms with van der Waals surface area (Å²) >= 11 is 0. The van der Waals surface area contributed by atoms with Crippen molar-refractivity contribution in [1.29, 1.82) is 0 Å². The number of nitrogens with one attached hydrogen (secondary N) is 1. The molecule has 1 N–H and O–H groups in total. The minimum Gasteiger partial charge on any atom is -0.332 e. The Kier molecular flexibility index (Phi) is 5.33. The molecule has 0 saturated carbocycles. The predicted octanol–water partition coefficient (Wildman–Crippen LogP) is 2.13. The van der Waals surface area contributed by atoms with E-state index in [0.29, 0.717) is 19.0 Å². The highest BCUT2D eigenvalue weighted by molar-refractivity contribution is 5.88. The first-order valence-corrected chi connectivity index (χ1v) is 8.64. The van der Waals surface area contributed by atoms with Gasteiger partial charge < -0.3 is 15.1 Å². The second-order valence-corrected chi connectivity index (χ2v) is 6.71. The van der Waals surface area contributed by atoms with E-state index in [0.717, 1.165) is 17.7 Å². The van der Waals surface area contributed by atoms with Gasteiger partial charge in [-0.2, -0.15) is 13.2 Å². The minimum absolute atomic E-state index is 0.00735. The van der Waals surface area contributed by atoms with Crippen LogP contribution in [0.2, 0.25) is 0 Å². The molecule has 6 nitrogen and oxygen atoms in total. The molecule has 0 radical (unpaired) electrons. The van der Waals surface area contributed by atoms with Gasteiger partial charge in [-0.05, 0) is 42.9 Å². The molecule has 2 fully saturated rings. The monoisotopic (exact) mass is 370 g/mol. The largest absolute Gasteiger partial charge is 0.406 e. The molecule has 3 heterocycles. The van der Waals surface area contributed by atoms with Crippen molar-refractivity contribution in [3.05, 3.63) is 30.1 Å². The van der Waals surface area contributed by atoms with Crippen molar-refractivity contribution in [3.8, 4) is 0 Å². The lowest BCUT2D eigenvalue weighted by Gasteiger charge is -2.32. The Hall–Kier alpha value is -2.32. The number of pyridine rings is 1. The average Bonchev–Trinajstić information content (AvgIpc) is 2.94. The summed E-state index contributed by atoms with van der Waals surface area (Å²) in [6.07, 6.45) is 0.865. The van der Waals surface area contributed by atoms with Crippen LogP contribution < -0.4 is 5.32 Å². The standard InChI is InChI=1S/C17H21F3N4O2/c18-17(19,20)11-24-10-5-14(15(24)25)22-16(26)23-8-3-13(4-9-23)12-1-6-21-7-2-12/h1-2,6-7,13-14H,3-5,8-11H2,(H,22,26). The van der Waals surface area contributed by atoms with Gasteiger partial charge >= 0.3 is 12.2 Å². The molecule has 1 unspecified atom stereocenters. The highest BCUT2D eigenvalue weighted by atomic mass is 19.4. The third-order valence-electron chi connectivity index (χ3n) is 4.92. The number of amides is 3. The lowest BCUT2D eigenvalue weighted by Crippen LogP contribution is -2.50. The van der Waals surface area contributed by atoms with E-state index in [1.807, 2.05) is 12.1 Å². The summed E-state index contributed by atoms with van der Waals surface area (Å²) in [6.45, 7) is -0.166. The van der Waals surface area contributed by atoms with Crippen molar-refractivity contribution in [1.82, 2.24) is 20.1 Å². The number of hydrogen-bond acceptors (Lipinski definition) is 3. The molecular formula is C17H21F3N4O2. The van der Waals surface area contributed by atoms with E-state index in [9.17, 15) is 22.8 Å². The van der Waals surface area contributed by atoms with Crippen LogP contribution in [0.15, 0.2) is 24.5 Å². The number of carbonyl (C=O) groups is 2. The Morgan fingerprint density at radius 2 is 1.81 bits per heavy atom. The van der Waals surface area contributed by atoms with Crippen LogP contribution in [-0.4, -0.2) is 65.1 Å². The summed E-state index contributed by atoms with van der Waals surface area (Å²) in [7, 11) is 0. The number of alkyl halides is 3. The molecule has 3 rings (SSSR count). The molecule has 1 aromatic heterocycles. The van der Waals surface area contributed by atoms with Crippen LogP contribution in [0.25, 0.3) is 0 Å². The third-order valence-corrected chi connectivity index (χ3v) is 4.92. The Labute approximate surface area is 149 Å². The van der Waals surface area contributed by atoms with E-state index in [2.05, 4.69) is 10.3 Å². The van der Waals surface area contributed by atoms with Crippen LogP contribution in [0, 0.1) is 0 Å². The second kappa shape index (κ2) is 7.51. The molecule has 9 heteroatoms. The Morgan fingerprint density at radius 3 is 2.42 bits per heavy atom. The average molecular weight is 370 g/mol. The number of nitrogens with zero attached hydrogens (tertiary/aromatic N) is 3. The first-order chi connectivity index (χ1) is 12.3. The van der Waals surface area contributed by atoms with E-state index in [-0.39, 0.29) is 19.0 Å². The molecule has 142 valence electrons. The maximum atomic E-state index is 12.4. The number of likely N-dealkylation sites (tertiary alicyclic amines) is 2. The summed E-state index contributed by atoms with van der Waals surface area (Å²) in [5.74, 6) is -0.306. The summed E-state index contributed by atoms with van der Waals surface area (Å²) in [6, 6.07) is 2.67. The highest BCUT2D eigenvalue weighted by Gasteiger charge is 2.40. The van der Waals surface area contributed by atoms with Gasteiger partial charge in [-0.3, -0.25) is 9.78 Å². The zero-order valence-electron chi connectivity index (χ0n) is 14.2. The molecule has 0 aromatic carbocycles. The van der Waals surface area contributed by atoms with Crippen molar-refractivity contribution >= 4 is 11.9 Å². The van der Waals surface area contributed by atoms with Crippen LogP contribution in [0.5, 0.6) is 0 Å². The fraction of sp³-hybridized carbons (Fsp3) is 0.588. The van der Waals surface area contributed by atoms with Gasteiger partial charge in [0, 0.05) is 32.0 Å². The zero-order chi connectivity index (χ0) is 18.7. The quantitative estimate of drug-likeness (QED) is 0.887. The molecule has 2 aliphatic rings. The van der Waals surface area contributed by atoms with Crippen LogP contribution in [0.3, 0.4) is 0 Å². The van der Waals surface area contributed by atoms with Crippen molar-refractivity contribution in [2.24, 2.45) is 0 Å². The minimum atomic E-state index is -4.43. The van der Waals surface area contributed by atoms with Crippen LogP contribution in [0.4, 0.5) is 18.0 Å². The molecular weight excluding hydrogens is 349 g/mol. The van der Waals surface area contributed by atoms with Gasteiger partial charge in [0.1, 0.15) is 12.6 Å². The summed E-state index contributed by atoms with van der Waals surface area (Å²) in [5.41, 5.74) is 1.19. The molecule has 1 aromatic rings. The van der Waals surface area contributed by atoms with E-state index < -0.39 is 24.7 Å². The van der Waals surface area contributed by atoms with E-state index in [1.54, 1.807) is 17.3 Å². The smallest absolute Gasteiger partial charge is 0.332 e. The maximum absolute atomic E-state index is 12.4. The van der Waals surface area contributed by atoms with Gasteiger partial charge in [0.25, 0.3) is 0 Å². The number of halogens is 3. The number of urea groups is 1. The lowest BCUT2D eigenvalue weighted by molar-refractivity contribution is -0.157. The highest BCUT2D eigenvalue weighted by Crippen LogP contribution is 2.27. The summed E-state index contributed by atoms with van der Waals surface area (Å²) in [4.78, 5) is 30.7. The molecule has 1 atom stereocenters. The van der Waals surface area contributed by atoms with E-state index in [1.165, 1.54) is 5.56 Å². The number of piperidine rings is 1. The molecule has 26 heavy (non-hydrogen) atoms. The summed E-state index contributed by atoms with van der Waals surface area (Å²) < 4.78 is 37.3. The summed E-state index contributed by atoms with van der Waals surface area (Å²) in [5, 5.41) is 2.59. The van der Waals surface area contributed by atoms with Gasteiger partial charge in [-0.25, -0.2) is 4.79 Å². The van der Waals surface area contributed by atoms with Gasteiger partial charge in [-0.1, -0.05) is 0 Å². The maximum Gasteiger partial charge on any atom is 0.406 e. The number of hydrogen-bond donors (Lipinski definition) is 1. The number of rotatable bonds is 3. The molecule has 0 bridgehead atoms. The third kappa shape index (κ3) is 4.44. The first kappa shape index (κ1) is 18.5. The Morgan fingerprint density at radius 1 is 1.15 bits per heavy atom. The van der Waals surface area contributed by atoms with Crippen molar-refractivity contribution in [2.45, 2.75) is 37.4 Å². The van der Waals surface area contributed by atoms with Gasteiger partial charge in [0.05, 0.1) is 0 Å². The molecule has 3 amide bonds. The molecule has 0 spiro atoms. The number of aromatic nitrogens is 1. The van der Waals surface area contributed by atoms with Gasteiger partial charge in [0.15, 0.2) is 0 Å². The molecule has 2 saturated heterocycles. The molecule has 0 aliphatic carbocycles. The van der Waals surface area contributed by atoms with Crippen LogP contribution in [-0.2, 0) is 4.79 Å². The van der Waals surface area contributed by atoms with Crippen molar-refractivity contribution in [3.63, 3.8) is 0 Å². The Balaban J connectivity index is 1.48. The normalized spacial score (nSPS) is 22.0. The second-order valence-electron chi connectivity index (χ2n) is 6.71. The Bertz CT molecular complexity index is 645. The fourth-order valence-corrected chi connectivity index (χ4v) is 3.54. The van der Waals surface area contributed by atoms with Gasteiger partial charge in [-0.15, -0.1) is 0 Å². The van der Waals surface area contributed by atoms with E-state index >= 15 is 0 Å². The predicted molar refractivity (Wildman–Crippen MR) is 87.4 cm³/mol. The number of carbonyl (C=O) groups excluding carboxylic acids is 2. The van der Waals surface area contributed by atoms with E-state index in [4.69, 9.17) is 0 Å². The van der Waals surface area contributed by atoms with Crippen molar-refractivity contribution < 1.29 is 22.8 Å². The van der Waals surface area contributed by atoms with Gasteiger partial charge in [0.2, 0.25) is 5.91 Å². The fourth-order valence-electron chi connectivity index (χ4n) is 3.54.